The summed E-state index contributed by atoms with van der Waals surface area (Å²) in [6, 6.07) is 7.55. The van der Waals surface area contributed by atoms with Gasteiger partial charge in [0, 0.05) is 44.1 Å². The van der Waals surface area contributed by atoms with E-state index in [9.17, 15) is 9.59 Å². The standard InChI is InChI=1S/C21H31N5O3/c1-14(15-5-4-6-17(11-15)25-12-21(2,3)13-25)22-18-23-19(27)26(20(28)24-18)16-7-9-29-10-8-16/h4-6,11,14,16,18,22H,7-10,12-13H2,1-3H3,(H,23,27)(H,24,28)/t14-/m0/s1. The van der Waals surface area contributed by atoms with Crippen molar-refractivity contribution < 1.29 is 14.3 Å². The van der Waals surface area contributed by atoms with Crippen LogP contribution in [0.15, 0.2) is 24.3 Å². The third kappa shape index (κ3) is 4.33. The van der Waals surface area contributed by atoms with Crippen LogP contribution in [0.1, 0.15) is 45.2 Å². The Hall–Kier alpha value is -2.32. The zero-order chi connectivity index (χ0) is 20.6. The maximum absolute atomic E-state index is 12.5. The van der Waals surface area contributed by atoms with Gasteiger partial charge in [0.25, 0.3) is 0 Å². The van der Waals surface area contributed by atoms with E-state index in [1.165, 1.54) is 10.6 Å². The predicted molar refractivity (Wildman–Crippen MR) is 111 cm³/mol. The predicted octanol–water partition coefficient (Wildman–Crippen LogP) is 2.38. The number of carbonyl (C=O) groups excluding carboxylic acids is 2. The zero-order valence-electron chi connectivity index (χ0n) is 17.4. The van der Waals surface area contributed by atoms with Gasteiger partial charge in [-0.3, -0.25) is 5.32 Å². The van der Waals surface area contributed by atoms with E-state index in [1.807, 2.05) is 6.92 Å². The van der Waals surface area contributed by atoms with Crippen LogP contribution >= 0.6 is 0 Å². The summed E-state index contributed by atoms with van der Waals surface area (Å²) in [5.74, 6) is 0. The SMILES string of the molecule is C[C@H](NC1NC(=O)N(C2CCOCC2)C(=O)N1)c1cccc(N2CC(C)(C)C2)c1. The molecule has 0 saturated carbocycles. The zero-order valence-corrected chi connectivity index (χ0v) is 17.4. The van der Waals surface area contributed by atoms with Crippen molar-refractivity contribution >= 4 is 17.7 Å². The Bertz CT molecular complexity index is 751. The molecule has 158 valence electrons. The maximum Gasteiger partial charge on any atom is 0.328 e. The Kier molecular flexibility index (Phi) is 5.40. The summed E-state index contributed by atoms with van der Waals surface area (Å²) in [5.41, 5.74) is 2.69. The molecule has 0 radical (unpaired) electrons. The summed E-state index contributed by atoms with van der Waals surface area (Å²) in [4.78, 5) is 28.8. The normalized spacial score (nSPS) is 24.0. The number of nitrogens with zero attached hydrogens (tertiary/aromatic N) is 2. The van der Waals surface area contributed by atoms with Crippen LogP contribution in [-0.4, -0.2) is 55.6 Å². The van der Waals surface area contributed by atoms with Crippen LogP contribution in [0.4, 0.5) is 15.3 Å². The number of nitrogens with one attached hydrogen (secondary N) is 3. The molecule has 4 rings (SSSR count). The molecule has 3 aliphatic rings. The first-order valence-corrected chi connectivity index (χ1v) is 10.4. The van der Waals surface area contributed by atoms with Gasteiger partial charge in [-0.1, -0.05) is 26.0 Å². The third-order valence-corrected chi connectivity index (χ3v) is 5.92. The van der Waals surface area contributed by atoms with Gasteiger partial charge < -0.3 is 20.3 Å². The van der Waals surface area contributed by atoms with Gasteiger partial charge in [-0.2, -0.15) is 0 Å². The van der Waals surface area contributed by atoms with E-state index in [0.29, 0.717) is 31.5 Å². The highest BCUT2D eigenvalue weighted by Gasteiger charge is 2.38. The molecule has 4 amide bonds. The molecule has 0 unspecified atom stereocenters. The second-order valence-corrected chi connectivity index (χ2v) is 9.05. The molecule has 0 spiro atoms. The minimum Gasteiger partial charge on any atom is -0.381 e. The first kappa shape index (κ1) is 20.0. The fraction of sp³-hybridized carbons (Fsp3) is 0.619. The molecule has 0 aliphatic carbocycles. The molecule has 3 aliphatic heterocycles. The fourth-order valence-electron chi connectivity index (χ4n) is 4.38. The minimum absolute atomic E-state index is 0.0375. The summed E-state index contributed by atoms with van der Waals surface area (Å²) in [5, 5.41) is 9.02. The number of hydrogen-bond donors (Lipinski definition) is 3. The number of carbonyl (C=O) groups is 2. The lowest BCUT2D eigenvalue weighted by atomic mass is 9.84. The second kappa shape index (κ2) is 7.84. The van der Waals surface area contributed by atoms with E-state index < -0.39 is 6.29 Å². The molecule has 3 heterocycles. The van der Waals surface area contributed by atoms with Gasteiger partial charge in [0.05, 0.1) is 0 Å². The summed E-state index contributed by atoms with van der Waals surface area (Å²) >= 11 is 0. The lowest BCUT2D eigenvalue weighted by Crippen LogP contribution is -2.70. The molecule has 29 heavy (non-hydrogen) atoms. The molecule has 3 fully saturated rings. The van der Waals surface area contributed by atoms with Crippen molar-refractivity contribution in [3.05, 3.63) is 29.8 Å². The van der Waals surface area contributed by atoms with Gasteiger partial charge in [-0.15, -0.1) is 0 Å². The molecule has 1 aromatic carbocycles. The Morgan fingerprint density at radius 2 is 1.79 bits per heavy atom. The van der Waals surface area contributed by atoms with Crippen molar-refractivity contribution in [3.8, 4) is 0 Å². The highest BCUT2D eigenvalue weighted by Crippen LogP contribution is 2.34. The smallest absolute Gasteiger partial charge is 0.328 e. The largest absolute Gasteiger partial charge is 0.381 e. The number of hydrogen-bond acceptors (Lipinski definition) is 5. The molecular weight excluding hydrogens is 370 g/mol. The van der Waals surface area contributed by atoms with E-state index in [0.717, 1.165) is 18.7 Å². The number of urea groups is 2. The van der Waals surface area contributed by atoms with Crippen molar-refractivity contribution in [2.24, 2.45) is 5.41 Å². The quantitative estimate of drug-likeness (QED) is 0.705. The summed E-state index contributed by atoms with van der Waals surface area (Å²) in [6.45, 7) is 9.83. The van der Waals surface area contributed by atoms with E-state index in [4.69, 9.17) is 4.74 Å². The van der Waals surface area contributed by atoms with Crippen LogP contribution < -0.4 is 20.9 Å². The van der Waals surface area contributed by atoms with E-state index in [-0.39, 0.29) is 24.1 Å². The van der Waals surface area contributed by atoms with Gasteiger partial charge in [0.2, 0.25) is 0 Å². The molecule has 3 N–H and O–H groups in total. The fourth-order valence-corrected chi connectivity index (χ4v) is 4.38. The molecule has 8 nitrogen and oxygen atoms in total. The Morgan fingerprint density at radius 3 is 2.41 bits per heavy atom. The highest BCUT2D eigenvalue weighted by molar-refractivity contribution is 5.96. The topological polar surface area (TPSA) is 85.9 Å². The van der Waals surface area contributed by atoms with Crippen LogP contribution in [0, 0.1) is 5.41 Å². The van der Waals surface area contributed by atoms with Crippen molar-refractivity contribution in [1.82, 2.24) is 20.9 Å². The number of amides is 4. The Labute approximate surface area is 171 Å². The first-order chi connectivity index (χ1) is 13.8. The molecule has 8 heteroatoms. The highest BCUT2D eigenvalue weighted by atomic mass is 16.5. The van der Waals surface area contributed by atoms with E-state index in [1.54, 1.807) is 0 Å². The average Bonchev–Trinajstić information content (AvgIpc) is 2.66. The molecule has 0 bridgehead atoms. The number of imide groups is 1. The van der Waals surface area contributed by atoms with Crippen molar-refractivity contribution in [2.75, 3.05) is 31.2 Å². The van der Waals surface area contributed by atoms with Crippen molar-refractivity contribution in [3.63, 3.8) is 0 Å². The Morgan fingerprint density at radius 1 is 1.14 bits per heavy atom. The van der Waals surface area contributed by atoms with E-state index in [2.05, 4.69) is 59.0 Å². The van der Waals surface area contributed by atoms with E-state index >= 15 is 0 Å². The molecule has 1 atom stereocenters. The lowest BCUT2D eigenvalue weighted by molar-refractivity contribution is 0.0492. The van der Waals surface area contributed by atoms with Gasteiger partial charge in [0.15, 0.2) is 6.29 Å². The minimum atomic E-state index is -0.604. The number of anilines is 1. The molecular formula is C21H31N5O3. The van der Waals surface area contributed by atoms with Crippen LogP contribution in [0.3, 0.4) is 0 Å². The molecule has 3 saturated heterocycles. The van der Waals surface area contributed by atoms with Crippen LogP contribution in [-0.2, 0) is 4.74 Å². The van der Waals surface area contributed by atoms with Gasteiger partial charge in [-0.05, 0) is 42.9 Å². The van der Waals surface area contributed by atoms with Gasteiger partial charge >= 0.3 is 12.1 Å². The summed E-state index contributed by atoms with van der Waals surface area (Å²) in [7, 11) is 0. The third-order valence-electron chi connectivity index (χ3n) is 5.92. The summed E-state index contributed by atoms with van der Waals surface area (Å²) in [6.07, 6.45) is 0.748. The number of rotatable bonds is 5. The number of ether oxygens (including phenoxy) is 1. The van der Waals surface area contributed by atoms with Crippen LogP contribution in [0.5, 0.6) is 0 Å². The first-order valence-electron chi connectivity index (χ1n) is 10.4. The lowest BCUT2D eigenvalue weighted by Gasteiger charge is -2.47. The van der Waals surface area contributed by atoms with Crippen LogP contribution in [0.2, 0.25) is 0 Å². The summed E-state index contributed by atoms with van der Waals surface area (Å²) < 4.78 is 5.33. The van der Waals surface area contributed by atoms with Crippen molar-refractivity contribution in [2.45, 2.75) is 52.0 Å². The molecule has 1 aromatic rings. The second-order valence-electron chi connectivity index (χ2n) is 9.05. The Balaban J connectivity index is 1.36. The van der Waals surface area contributed by atoms with Crippen LogP contribution in [0.25, 0.3) is 0 Å². The monoisotopic (exact) mass is 401 g/mol. The number of benzene rings is 1. The van der Waals surface area contributed by atoms with Crippen molar-refractivity contribution in [1.29, 1.82) is 0 Å². The molecule has 0 aromatic heterocycles. The van der Waals surface area contributed by atoms with Gasteiger partial charge in [-0.25, -0.2) is 14.5 Å². The average molecular weight is 402 g/mol. The van der Waals surface area contributed by atoms with Gasteiger partial charge in [0.1, 0.15) is 0 Å². The maximum atomic E-state index is 12.5.